The molecule has 0 saturated carbocycles. The van der Waals surface area contributed by atoms with Gasteiger partial charge in [0.05, 0.1) is 0 Å². The number of rotatable bonds is 7. The molecule has 1 amide bonds. The molecule has 0 radical (unpaired) electrons. The van der Waals surface area contributed by atoms with Gasteiger partial charge in [-0.2, -0.15) is 8.78 Å². The van der Waals surface area contributed by atoms with Crippen molar-refractivity contribution in [3.8, 4) is 5.75 Å². The molecule has 1 aromatic rings. The smallest absolute Gasteiger partial charge is 0.387 e. The highest BCUT2D eigenvalue weighted by Gasteiger charge is 2.22. The number of piperidine rings is 1. The fourth-order valence-corrected chi connectivity index (χ4v) is 3.39. The molecule has 1 fully saturated rings. The van der Waals surface area contributed by atoms with Gasteiger partial charge in [0, 0.05) is 49.7 Å². The lowest BCUT2D eigenvalue weighted by molar-refractivity contribution is -0.134. The van der Waals surface area contributed by atoms with Gasteiger partial charge in [-0.1, -0.05) is 11.6 Å². The van der Waals surface area contributed by atoms with Crippen molar-refractivity contribution in [1.82, 2.24) is 15.5 Å². The van der Waals surface area contributed by atoms with Gasteiger partial charge in [-0.25, -0.2) is 0 Å². The van der Waals surface area contributed by atoms with E-state index in [9.17, 15) is 13.6 Å². The van der Waals surface area contributed by atoms with Crippen LogP contribution in [-0.2, 0) is 11.3 Å². The highest BCUT2D eigenvalue weighted by molar-refractivity contribution is 14.0. The molecule has 1 unspecified atom stereocenters. The lowest BCUT2D eigenvalue weighted by atomic mass is 10.0. The molecule has 1 heterocycles. The van der Waals surface area contributed by atoms with Crippen molar-refractivity contribution in [2.24, 2.45) is 4.99 Å². The second-order valence-electron chi connectivity index (χ2n) is 6.67. The number of guanidine groups is 1. The first kappa shape index (κ1) is 25.7. The first-order chi connectivity index (χ1) is 13.4. The number of likely N-dealkylation sites (tertiary alicyclic amines) is 1. The Morgan fingerprint density at radius 2 is 2.14 bits per heavy atom. The average Bonchev–Trinajstić information content (AvgIpc) is 2.66. The second kappa shape index (κ2) is 13.0. The summed E-state index contributed by atoms with van der Waals surface area (Å²) < 4.78 is 29.6. The summed E-state index contributed by atoms with van der Waals surface area (Å²) in [6, 6.07) is 4.74. The first-order valence-electron chi connectivity index (χ1n) is 9.38. The minimum absolute atomic E-state index is 0. The maximum absolute atomic E-state index is 12.5. The van der Waals surface area contributed by atoms with Crippen LogP contribution >= 0.6 is 35.6 Å². The van der Waals surface area contributed by atoms with E-state index in [1.54, 1.807) is 13.1 Å². The number of halogens is 4. The summed E-state index contributed by atoms with van der Waals surface area (Å²) in [5.74, 6) is 0.636. The molecule has 1 aromatic carbocycles. The predicted molar refractivity (Wildman–Crippen MR) is 121 cm³/mol. The third-order valence-corrected chi connectivity index (χ3v) is 4.90. The Balaban J connectivity index is 0.00000420. The fourth-order valence-electron chi connectivity index (χ4n) is 3.20. The molecule has 0 bridgehead atoms. The van der Waals surface area contributed by atoms with Crippen LogP contribution in [0.3, 0.4) is 0 Å². The quantitative estimate of drug-likeness (QED) is 0.309. The number of nitrogens with one attached hydrogen (secondary N) is 2. The SMILES string of the molecule is CN=C(NCCC(=O)N1CCCCC1C)NCc1cc(Cl)ccc1OC(F)F.I. The minimum Gasteiger partial charge on any atom is -0.434 e. The number of nitrogens with zero attached hydrogens (tertiary/aromatic N) is 2. The van der Waals surface area contributed by atoms with E-state index in [1.165, 1.54) is 18.6 Å². The zero-order valence-corrected chi connectivity index (χ0v) is 19.7. The lowest BCUT2D eigenvalue weighted by Crippen LogP contribution is -2.44. The van der Waals surface area contributed by atoms with Crippen LogP contribution in [0.25, 0.3) is 0 Å². The van der Waals surface area contributed by atoms with E-state index in [2.05, 4.69) is 27.3 Å². The molecule has 1 aliphatic heterocycles. The van der Waals surface area contributed by atoms with Gasteiger partial charge in [-0.3, -0.25) is 9.79 Å². The van der Waals surface area contributed by atoms with E-state index >= 15 is 0 Å². The van der Waals surface area contributed by atoms with Crippen LogP contribution in [0.1, 0.15) is 38.2 Å². The van der Waals surface area contributed by atoms with Crippen LogP contribution in [0, 0.1) is 0 Å². The lowest BCUT2D eigenvalue weighted by Gasteiger charge is -2.33. The molecule has 0 spiro atoms. The van der Waals surface area contributed by atoms with Gasteiger partial charge in [0.15, 0.2) is 5.96 Å². The van der Waals surface area contributed by atoms with E-state index in [0.717, 1.165) is 19.4 Å². The van der Waals surface area contributed by atoms with Gasteiger partial charge in [0.1, 0.15) is 5.75 Å². The Morgan fingerprint density at radius 3 is 2.79 bits per heavy atom. The maximum Gasteiger partial charge on any atom is 0.387 e. The molecule has 10 heteroatoms. The predicted octanol–water partition coefficient (Wildman–Crippen LogP) is 4.02. The fraction of sp³-hybridized carbons (Fsp3) is 0.579. The number of aliphatic imine (C=N–C) groups is 1. The van der Waals surface area contributed by atoms with Crippen molar-refractivity contribution in [1.29, 1.82) is 0 Å². The molecule has 6 nitrogen and oxygen atoms in total. The minimum atomic E-state index is -2.92. The molecular formula is C19H28ClF2IN4O2. The van der Waals surface area contributed by atoms with Crippen molar-refractivity contribution in [3.63, 3.8) is 0 Å². The number of benzene rings is 1. The molecule has 1 atom stereocenters. The van der Waals surface area contributed by atoms with E-state index in [4.69, 9.17) is 11.6 Å². The summed E-state index contributed by atoms with van der Waals surface area (Å²) in [5.41, 5.74) is 0.481. The normalized spacial score (nSPS) is 17.0. The number of carbonyl (C=O) groups excluding carboxylic acids is 1. The number of amides is 1. The number of hydrogen-bond donors (Lipinski definition) is 2. The van der Waals surface area contributed by atoms with Crippen LogP contribution in [0.4, 0.5) is 8.78 Å². The Labute approximate surface area is 192 Å². The van der Waals surface area contributed by atoms with Crippen molar-refractivity contribution in [2.75, 3.05) is 20.1 Å². The monoisotopic (exact) mass is 544 g/mol. The summed E-state index contributed by atoms with van der Waals surface area (Å²) >= 11 is 5.95. The van der Waals surface area contributed by atoms with Gasteiger partial charge in [-0.05, 0) is 44.4 Å². The zero-order chi connectivity index (χ0) is 20.5. The van der Waals surface area contributed by atoms with E-state index in [0.29, 0.717) is 29.5 Å². The largest absolute Gasteiger partial charge is 0.434 e. The number of ether oxygens (including phenoxy) is 1. The van der Waals surface area contributed by atoms with E-state index < -0.39 is 6.61 Å². The topological polar surface area (TPSA) is 66.0 Å². The molecule has 164 valence electrons. The Hall–Kier alpha value is -1.36. The number of hydrogen-bond acceptors (Lipinski definition) is 3. The Morgan fingerprint density at radius 1 is 1.38 bits per heavy atom. The molecule has 2 rings (SSSR count). The summed E-state index contributed by atoms with van der Waals surface area (Å²) in [6.07, 6.45) is 3.63. The van der Waals surface area contributed by atoms with Crippen LogP contribution in [0.2, 0.25) is 5.02 Å². The molecule has 0 aromatic heterocycles. The van der Waals surface area contributed by atoms with Gasteiger partial charge in [0.25, 0.3) is 0 Å². The standard InChI is InChI=1S/C19H27ClF2N4O2.HI/c1-13-5-3-4-10-26(13)17(27)8-9-24-19(23-2)25-12-14-11-15(20)6-7-16(14)28-18(21)22;/h6-7,11,13,18H,3-5,8-10,12H2,1-2H3,(H2,23,24,25);1H. The van der Waals surface area contributed by atoms with E-state index in [-0.39, 0.29) is 48.2 Å². The summed E-state index contributed by atoms with van der Waals surface area (Å²) in [5, 5.41) is 6.51. The van der Waals surface area contributed by atoms with Crippen LogP contribution in [-0.4, -0.2) is 49.6 Å². The van der Waals surface area contributed by atoms with E-state index in [1.807, 2.05) is 4.90 Å². The second-order valence-corrected chi connectivity index (χ2v) is 7.10. The zero-order valence-electron chi connectivity index (χ0n) is 16.6. The molecule has 2 N–H and O–H groups in total. The highest BCUT2D eigenvalue weighted by atomic mass is 127. The summed E-state index contributed by atoms with van der Waals surface area (Å²) in [4.78, 5) is 18.4. The molecule has 0 aliphatic carbocycles. The Kier molecular flexibility index (Phi) is 11.6. The highest BCUT2D eigenvalue weighted by Crippen LogP contribution is 2.24. The van der Waals surface area contributed by atoms with Gasteiger partial charge < -0.3 is 20.3 Å². The van der Waals surface area contributed by atoms with Crippen molar-refractivity contribution >= 4 is 47.4 Å². The summed E-state index contributed by atoms with van der Waals surface area (Å²) in [6.45, 7) is 0.598. The third kappa shape index (κ3) is 8.49. The average molecular weight is 545 g/mol. The van der Waals surface area contributed by atoms with Crippen LogP contribution < -0.4 is 15.4 Å². The van der Waals surface area contributed by atoms with Gasteiger partial charge in [-0.15, -0.1) is 24.0 Å². The van der Waals surface area contributed by atoms with Gasteiger partial charge >= 0.3 is 6.61 Å². The molecule has 29 heavy (non-hydrogen) atoms. The molecule has 1 saturated heterocycles. The van der Waals surface area contributed by atoms with Crippen LogP contribution in [0.5, 0.6) is 5.75 Å². The van der Waals surface area contributed by atoms with Crippen molar-refractivity contribution < 1.29 is 18.3 Å². The summed E-state index contributed by atoms with van der Waals surface area (Å²) in [7, 11) is 1.60. The first-order valence-corrected chi connectivity index (χ1v) is 9.75. The Bertz CT molecular complexity index is 694. The van der Waals surface area contributed by atoms with Gasteiger partial charge in [0.2, 0.25) is 5.91 Å². The maximum atomic E-state index is 12.5. The third-order valence-electron chi connectivity index (χ3n) is 4.66. The number of carbonyl (C=O) groups is 1. The van der Waals surface area contributed by atoms with Crippen molar-refractivity contribution in [3.05, 3.63) is 28.8 Å². The molecule has 1 aliphatic rings. The van der Waals surface area contributed by atoms with Crippen LogP contribution in [0.15, 0.2) is 23.2 Å². The molecular weight excluding hydrogens is 517 g/mol. The van der Waals surface area contributed by atoms with Crippen molar-refractivity contribution in [2.45, 2.75) is 51.8 Å². The number of alkyl halides is 2.